The summed E-state index contributed by atoms with van der Waals surface area (Å²) in [4.78, 5) is 0. The van der Waals surface area contributed by atoms with Crippen LogP contribution in [0.1, 0.15) is 33.1 Å². The minimum atomic E-state index is 0.0329. The zero-order chi connectivity index (χ0) is 11.9. The average molecular weight is 231 g/mol. The van der Waals surface area contributed by atoms with E-state index in [4.69, 9.17) is 9.47 Å². The fourth-order valence-electron chi connectivity index (χ4n) is 1.94. The average Bonchev–Trinajstić information content (AvgIpc) is 2.37. The normalized spacial score (nSPS) is 22.3. The Hall–Kier alpha value is -0.160. The highest BCUT2D eigenvalue weighted by atomic mass is 16.7. The molecule has 0 bridgehead atoms. The number of hydrogen-bond donors (Lipinski definition) is 2. The van der Waals surface area contributed by atoms with E-state index in [0.29, 0.717) is 6.79 Å². The molecule has 0 saturated carbocycles. The fourth-order valence-corrected chi connectivity index (χ4v) is 1.94. The summed E-state index contributed by atoms with van der Waals surface area (Å²) in [7, 11) is 0. The lowest BCUT2D eigenvalue weighted by atomic mass is 9.83. The zero-order valence-electron chi connectivity index (χ0n) is 10.5. The summed E-state index contributed by atoms with van der Waals surface area (Å²) in [5.74, 6) is 0. The number of aliphatic hydroxyl groups excluding tert-OH is 1. The van der Waals surface area contributed by atoms with Crippen molar-refractivity contribution in [3.05, 3.63) is 0 Å². The molecule has 1 rings (SSSR count). The molecular formula is C12H25NO3. The molecule has 0 amide bonds. The third-order valence-electron chi connectivity index (χ3n) is 3.68. The van der Waals surface area contributed by atoms with Crippen molar-refractivity contribution in [3.63, 3.8) is 0 Å². The largest absolute Gasteiger partial charge is 0.396 e. The van der Waals surface area contributed by atoms with Crippen molar-refractivity contribution < 1.29 is 14.6 Å². The van der Waals surface area contributed by atoms with Gasteiger partial charge in [0.15, 0.2) is 0 Å². The predicted octanol–water partition coefficient (Wildman–Crippen LogP) is 1.14. The van der Waals surface area contributed by atoms with Crippen molar-refractivity contribution in [1.29, 1.82) is 0 Å². The number of aliphatic hydroxyl groups is 1. The van der Waals surface area contributed by atoms with E-state index < -0.39 is 0 Å². The van der Waals surface area contributed by atoms with E-state index in [9.17, 15) is 5.11 Å². The molecule has 0 aromatic heterocycles. The molecule has 96 valence electrons. The molecule has 2 N–H and O–H groups in total. The van der Waals surface area contributed by atoms with Gasteiger partial charge < -0.3 is 19.9 Å². The molecule has 1 unspecified atom stereocenters. The van der Waals surface area contributed by atoms with Crippen LogP contribution >= 0.6 is 0 Å². The van der Waals surface area contributed by atoms with Gasteiger partial charge in [0.2, 0.25) is 0 Å². The summed E-state index contributed by atoms with van der Waals surface area (Å²) in [5.41, 5.74) is 0.0329. The monoisotopic (exact) mass is 231 g/mol. The summed E-state index contributed by atoms with van der Waals surface area (Å²) in [6.45, 7) is 7.43. The topological polar surface area (TPSA) is 50.7 Å². The quantitative estimate of drug-likeness (QED) is 0.690. The molecule has 4 heteroatoms. The molecule has 0 aliphatic carbocycles. The van der Waals surface area contributed by atoms with Gasteiger partial charge in [-0.05, 0) is 19.3 Å². The first kappa shape index (κ1) is 13.9. The molecule has 1 atom stereocenters. The van der Waals surface area contributed by atoms with Gasteiger partial charge in [0.05, 0.1) is 12.7 Å². The van der Waals surface area contributed by atoms with Crippen molar-refractivity contribution in [2.45, 2.75) is 39.2 Å². The third-order valence-corrected chi connectivity index (χ3v) is 3.68. The second-order valence-corrected chi connectivity index (χ2v) is 4.60. The highest BCUT2D eigenvalue weighted by Gasteiger charge is 2.25. The highest BCUT2D eigenvalue weighted by Crippen LogP contribution is 2.24. The molecule has 4 nitrogen and oxygen atoms in total. The summed E-state index contributed by atoms with van der Waals surface area (Å²) in [5, 5.41) is 12.8. The maximum Gasteiger partial charge on any atom is 0.147 e. The first-order valence-electron chi connectivity index (χ1n) is 6.27. The Labute approximate surface area is 98.3 Å². The van der Waals surface area contributed by atoms with E-state index in [0.717, 1.165) is 39.0 Å². The first-order chi connectivity index (χ1) is 7.76. The van der Waals surface area contributed by atoms with E-state index in [2.05, 4.69) is 19.2 Å². The van der Waals surface area contributed by atoms with Gasteiger partial charge in [0.25, 0.3) is 0 Å². The van der Waals surface area contributed by atoms with Crippen LogP contribution in [-0.2, 0) is 9.47 Å². The zero-order valence-corrected chi connectivity index (χ0v) is 10.5. The molecule has 16 heavy (non-hydrogen) atoms. The van der Waals surface area contributed by atoms with Crippen LogP contribution in [0.25, 0.3) is 0 Å². The fraction of sp³-hybridized carbons (Fsp3) is 1.00. The van der Waals surface area contributed by atoms with Gasteiger partial charge in [-0.3, -0.25) is 0 Å². The number of ether oxygens (including phenoxy) is 2. The lowest BCUT2D eigenvalue weighted by Gasteiger charge is -2.31. The molecule has 1 aliphatic rings. The van der Waals surface area contributed by atoms with Gasteiger partial charge in [-0.1, -0.05) is 13.8 Å². The molecule has 1 fully saturated rings. The van der Waals surface area contributed by atoms with E-state index in [-0.39, 0.29) is 18.1 Å². The van der Waals surface area contributed by atoms with Gasteiger partial charge in [-0.25, -0.2) is 0 Å². The van der Waals surface area contributed by atoms with E-state index in [1.807, 2.05) is 0 Å². The summed E-state index contributed by atoms with van der Waals surface area (Å²) < 4.78 is 10.6. The highest BCUT2D eigenvalue weighted by molar-refractivity contribution is 4.79. The molecule has 0 aromatic rings. The van der Waals surface area contributed by atoms with Crippen molar-refractivity contribution in [2.75, 3.05) is 33.1 Å². The second kappa shape index (κ2) is 7.22. The van der Waals surface area contributed by atoms with Crippen LogP contribution in [0.5, 0.6) is 0 Å². The lowest BCUT2D eigenvalue weighted by Crippen LogP contribution is -2.41. The van der Waals surface area contributed by atoms with Gasteiger partial charge in [0.1, 0.15) is 6.79 Å². The maximum atomic E-state index is 9.42. The Morgan fingerprint density at radius 2 is 2.12 bits per heavy atom. The molecule has 1 aliphatic heterocycles. The van der Waals surface area contributed by atoms with Crippen molar-refractivity contribution >= 4 is 0 Å². The van der Waals surface area contributed by atoms with Crippen LogP contribution < -0.4 is 5.32 Å². The van der Waals surface area contributed by atoms with Gasteiger partial charge in [-0.2, -0.15) is 0 Å². The summed E-state index contributed by atoms with van der Waals surface area (Å²) in [6.07, 6.45) is 3.22. The predicted molar refractivity (Wildman–Crippen MR) is 63.3 cm³/mol. The molecule has 1 saturated heterocycles. The molecule has 0 radical (unpaired) electrons. The second-order valence-electron chi connectivity index (χ2n) is 4.60. The van der Waals surface area contributed by atoms with Crippen LogP contribution in [0, 0.1) is 5.41 Å². The van der Waals surface area contributed by atoms with Gasteiger partial charge >= 0.3 is 0 Å². The lowest BCUT2D eigenvalue weighted by molar-refractivity contribution is -0.137. The molecule has 0 aromatic carbocycles. The molecule has 1 heterocycles. The Morgan fingerprint density at radius 3 is 2.62 bits per heavy atom. The van der Waals surface area contributed by atoms with Gasteiger partial charge in [-0.15, -0.1) is 0 Å². The number of nitrogens with one attached hydrogen (secondary N) is 1. The van der Waals surface area contributed by atoms with Gasteiger partial charge in [0, 0.05) is 25.1 Å². The minimum Gasteiger partial charge on any atom is -0.396 e. The van der Waals surface area contributed by atoms with E-state index in [1.165, 1.54) is 0 Å². The maximum absolute atomic E-state index is 9.42. The van der Waals surface area contributed by atoms with Crippen molar-refractivity contribution in [1.82, 2.24) is 5.32 Å². The first-order valence-corrected chi connectivity index (χ1v) is 6.27. The van der Waals surface area contributed by atoms with Crippen molar-refractivity contribution in [3.8, 4) is 0 Å². The summed E-state index contributed by atoms with van der Waals surface area (Å²) in [6, 6.07) is 0. The third kappa shape index (κ3) is 4.01. The van der Waals surface area contributed by atoms with E-state index >= 15 is 0 Å². The Bertz CT molecular complexity index is 169. The Balaban J connectivity index is 2.21. The minimum absolute atomic E-state index is 0.0329. The smallest absolute Gasteiger partial charge is 0.147 e. The van der Waals surface area contributed by atoms with Crippen LogP contribution in [0.2, 0.25) is 0 Å². The van der Waals surface area contributed by atoms with Crippen LogP contribution in [0.3, 0.4) is 0 Å². The van der Waals surface area contributed by atoms with Crippen molar-refractivity contribution in [2.24, 2.45) is 5.41 Å². The summed E-state index contributed by atoms with van der Waals surface area (Å²) >= 11 is 0. The van der Waals surface area contributed by atoms with Crippen LogP contribution in [-0.4, -0.2) is 44.3 Å². The Morgan fingerprint density at radius 1 is 1.38 bits per heavy atom. The SMILES string of the molecule is CCC(CC)(CO)CNCC1CCOCO1. The number of hydrogen-bond acceptors (Lipinski definition) is 4. The molecule has 0 spiro atoms. The Kier molecular flexibility index (Phi) is 6.28. The number of rotatable bonds is 7. The van der Waals surface area contributed by atoms with Crippen LogP contribution in [0.15, 0.2) is 0 Å². The molecular weight excluding hydrogens is 206 g/mol. The standard InChI is InChI=1S/C12H25NO3/c1-3-12(4-2,9-14)8-13-7-11-5-6-15-10-16-11/h11,13-14H,3-10H2,1-2H3. The van der Waals surface area contributed by atoms with E-state index in [1.54, 1.807) is 0 Å². The van der Waals surface area contributed by atoms with Crippen LogP contribution in [0.4, 0.5) is 0 Å².